The summed E-state index contributed by atoms with van der Waals surface area (Å²) in [6, 6.07) is 8.73. The summed E-state index contributed by atoms with van der Waals surface area (Å²) < 4.78 is 43.2. The number of nitrogens with zero attached hydrogens (tertiary/aromatic N) is 6. The number of amides is 1. The Kier molecular flexibility index (Phi) is 7.19. The van der Waals surface area contributed by atoms with Crippen LogP contribution in [0.1, 0.15) is 32.7 Å². The first-order valence-corrected chi connectivity index (χ1v) is 12.2. The van der Waals surface area contributed by atoms with E-state index in [1.807, 2.05) is 11.9 Å². The number of halogens is 3. The smallest absolute Gasteiger partial charge is 0.382 e. The van der Waals surface area contributed by atoms with Gasteiger partial charge in [-0.1, -0.05) is 12.0 Å². The molecule has 0 spiro atoms. The van der Waals surface area contributed by atoms with Gasteiger partial charge in [-0.05, 0) is 48.9 Å². The van der Waals surface area contributed by atoms with Crippen molar-refractivity contribution in [2.45, 2.75) is 12.7 Å². The predicted molar refractivity (Wildman–Crippen MR) is 140 cm³/mol. The highest BCUT2D eigenvalue weighted by molar-refractivity contribution is 6.04. The maximum Gasteiger partial charge on any atom is 0.416 e. The zero-order valence-electron chi connectivity index (χ0n) is 21.0. The number of imidazole rings is 1. The first-order valence-electron chi connectivity index (χ1n) is 12.2. The Bertz CT molecular complexity index is 1580. The molecule has 0 atom stereocenters. The van der Waals surface area contributed by atoms with E-state index in [1.165, 1.54) is 35.1 Å². The van der Waals surface area contributed by atoms with Crippen LogP contribution in [-0.4, -0.2) is 68.5 Å². The lowest BCUT2D eigenvalue weighted by Crippen LogP contribution is -2.44. The Morgan fingerprint density at radius 3 is 2.62 bits per heavy atom. The molecule has 3 aromatic heterocycles. The SMILES string of the molecule is CN1CCN(Cc2ccc(NC(=O)c3cncc(C#Cc4cnc5ccc(N)nn45)c3)cc2C(F)(F)F)CC1. The molecule has 1 aliphatic heterocycles. The summed E-state index contributed by atoms with van der Waals surface area (Å²) in [5, 5.41) is 6.72. The number of nitrogens with two attached hydrogens (primary N) is 1. The Morgan fingerprint density at radius 2 is 1.85 bits per heavy atom. The van der Waals surface area contributed by atoms with E-state index in [2.05, 4.69) is 37.1 Å². The van der Waals surface area contributed by atoms with Crippen LogP contribution in [0.2, 0.25) is 0 Å². The van der Waals surface area contributed by atoms with E-state index >= 15 is 0 Å². The van der Waals surface area contributed by atoms with Gasteiger partial charge >= 0.3 is 6.18 Å². The van der Waals surface area contributed by atoms with Crippen LogP contribution in [0, 0.1) is 11.8 Å². The number of hydrogen-bond donors (Lipinski definition) is 2. The average Bonchev–Trinajstić information content (AvgIpc) is 3.31. The molecule has 0 unspecified atom stereocenters. The van der Waals surface area contributed by atoms with Gasteiger partial charge in [0.05, 0.1) is 17.3 Å². The maximum absolute atomic E-state index is 13.9. The minimum atomic E-state index is -4.56. The molecule has 0 radical (unpaired) electrons. The lowest BCUT2D eigenvalue weighted by Gasteiger charge is -2.33. The van der Waals surface area contributed by atoms with E-state index in [-0.39, 0.29) is 23.4 Å². The van der Waals surface area contributed by atoms with Gasteiger partial charge in [-0.3, -0.25) is 14.7 Å². The molecule has 1 fully saturated rings. The predicted octanol–water partition coefficient (Wildman–Crippen LogP) is 3.12. The van der Waals surface area contributed by atoms with Gasteiger partial charge in [-0.2, -0.15) is 13.2 Å². The van der Waals surface area contributed by atoms with Crippen LogP contribution < -0.4 is 11.1 Å². The van der Waals surface area contributed by atoms with E-state index in [0.717, 1.165) is 19.2 Å². The van der Waals surface area contributed by atoms with Crippen molar-refractivity contribution < 1.29 is 18.0 Å². The fourth-order valence-corrected chi connectivity index (χ4v) is 4.25. The molecule has 3 N–H and O–H groups in total. The van der Waals surface area contributed by atoms with Gasteiger partial charge in [0.25, 0.3) is 5.91 Å². The Morgan fingerprint density at radius 1 is 1.05 bits per heavy atom. The van der Waals surface area contributed by atoms with Gasteiger partial charge < -0.3 is 16.0 Å². The number of carbonyl (C=O) groups is 1. The van der Waals surface area contributed by atoms with Crippen molar-refractivity contribution in [3.05, 3.63) is 82.9 Å². The van der Waals surface area contributed by atoms with Crippen molar-refractivity contribution in [2.75, 3.05) is 44.3 Å². The van der Waals surface area contributed by atoms with Crippen molar-refractivity contribution in [2.24, 2.45) is 0 Å². The van der Waals surface area contributed by atoms with Crippen LogP contribution in [0.25, 0.3) is 5.65 Å². The molecule has 0 bridgehead atoms. The number of carbonyl (C=O) groups excluding carboxylic acids is 1. The zero-order valence-corrected chi connectivity index (χ0v) is 21.0. The molecule has 9 nitrogen and oxygen atoms in total. The quantitative estimate of drug-likeness (QED) is 0.388. The Labute approximate surface area is 222 Å². The van der Waals surface area contributed by atoms with E-state index in [0.29, 0.717) is 35.8 Å². The summed E-state index contributed by atoms with van der Waals surface area (Å²) in [5.74, 6) is 5.54. The van der Waals surface area contributed by atoms with Gasteiger partial charge in [0.2, 0.25) is 0 Å². The highest BCUT2D eigenvalue weighted by Crippen LogP contribution is 2.34. The van der Waals surface area contributed by atoms with Crippen molar-refractivity contribution >= 4 is 23.1 Å². The number of hydrogen-bond acceptors (Lipinski definition) is 7. The van der Waals surface area contributed by atoms with Crippen molar-refractivity contribution in [3.63, 3.8) is 0 Å². The maximum atomic E-state index is 13.9. The number of likely N-dealkylation sites (N-methyl/N-ethyl adjacent to an activating group) is 1. The molecular formula is C27H25F3N8O. The summed E-state index contributed by atoms with van der Waals surface area (Å²) in [6.07, 6.45) is -0.214. The molecule has 1 aromatic carbocycles. The minimum Gasteiger partial charge on any atom is -0.382 e. The normalized spacial score (nSPS) is 14.7. The molecule has 1 amide bonds. The van der Waals surface area contributed by atoms with Crippen LogP contribution in [0.15, 0.2) is 55.0 Å². The topological polar surface area (TPSA) is 105 Å². The summed E-state index contributed by atoms with van der Waals surface area (Å²) in [4.78, 5) is 25.3. The molecule has 0 saturated carbocycles. The van der Waals surface area contributed by atoms with E-state index < -0.39 is 17.6 Å². The zero-order chi connectivity index (χ0) is 27.6. The Balaban J connectivity index is 1.33. The number of nitrogen functional groups attached to an aromatic ring is 1. The Hall–Kier alpha value is -4.47. The van der Waals surface area contributed by atoms with E-state index in [9.17, 15) is 18.0 Å². The number of pyridine rings is 1. The van der Waals surface area contributed by atoms with Crippen LogP contribution in [0.5, 0.6) is 0 Å². The standard InChI is InChI=1S/C27H25F3N8O/c1-36-8-10-37(11-9-36)17-19-3-4-21(13-23(19)27(28,29)30)34-26(39)20-12-18(14-32-15-20)2-5-22-16-33-25-7-6-24(31)35-38(22)25/h3-4,6-7,12-16H,8-11,17H2,1H3,(H2,31,35)(H,34,39). The second kappa shape index (κ2) is 10.7. The van der Waals surface area contributed by atoms with Crippen molar-refractivity contribution in [1.82, 2.24) is 29.4 Å². The fourth-order valence-electron chi connectivity index (χ4n) is 4.25. The average molecular weight is 535 g/mol. The monoisotopic (exact) mass is 534 g/mol. The number of aromatic nitrogens is 4. The summed E-state index contributed by atoms with van der Waals surface area (Å²) >= 11 is 0. The number of rotatable bonds is 4. The van der Waals surface area contributed by atoms with Crippen molar-refractivity contribution in [3.8, 4) is 11.8 Å². The number of alkyl halides is 3. The second-order valence-electron chi connectivity index (χ2n) is 9.29. The third kappa shape index (κ3) is 6.17. The van der Waals surface area contributed by atoms with Crippen molar-refractivity contribution in [1.29, 1.82) is 0 Å². The largest absolute Gasteiger partial charge is 0.416 e. The lowest BCUT2D eigenvalue weighted by atomic mass is 10.0. The molecule has 4 aromatic rings. The third-order valence-corrected chi connectivity index (χ3v) is 6.38. The number of anilines is 2. The highest BCUT2D eigenvalue weighted by Gasteiger charge is 2.34. The fraction of sp³-hybridized carbons (Fsp3) is 0.259. The molecule has 39 heavy (non-hydrogen) atoms. The molecule has 4 heterocycles. The molecule has 12 heteroatoms. The lowest BCUT2D eigenvalue weighted by molar-refractivity contribution is -0.138. The minimum absolute atomic E-state index is 0.0420. The molecular weight excluding hydrogens is 509 g/mol. The summed E-state index contributed by atoms with van der Waals surface area (Å²) in [6.45, 7) is 3.19. The van der Waals surface area contributed by atoms with Gasteiger partial charge in [0.1, 0.15) is 11.5 Å². The van der Waals surface area contributed by atoms with Crippen LogP contribution in [0.4, 0.5) is 24.7 Å². The summed E-state index contributed by atoms with van der Waals surface area (Å²) in [7, 11) is 1.99. The highest BCUT2D eigenvalue weighted by atomic mass is 19.4. The molecule has 0 aliphatic carbocycles. The number of fused-ring (bicyclic) bond motifs is 1. The second-order valence-corrected chi connectivity index (χ2v) is 9.29. The van der Waals surface area contributed by atoms with Gasteiger partial charge in [0, 0.05) is 56.4 Å². The first kappa shape index (κ1) is 26.1. The van der Waals surface area contributed by atoms with Crippen LogP contribution in [-0.2, 0) is 12.7 Å². The van der Waals surface area contributed by atoms with Gasteiger partial charge in [0.15, 0.2) is 5.65 Å². The number of benzene rings is 1. The van der Waals surface area contributed by atoms with Crippen LogP contribution >= 0.6 is 0 Å². The molecule has 1 saturated heterocycles. The molecule has 5 rings (SSSR count). The number of nitrogens with one attached hydrogen (secondary N) is 1. The van der Waals surface area contributed by atoms with E-state index in [1.54, 1.807) is 18.3 Å². The van der Waals surface area contributed by atoms with Crippen LogP contribution in [0.3, 0.4) is 0 Å². The molecule has 200 valence electrons. The van der Waals surface area contributed by atoms with Gasteiger partial charge in [-0.25, -0.2) is 9.50 Å². The van der Waals surface area contributed by atoms with E-state index in [4.69, 9.17) is 5.73 Å². The summed E-state index contributed by atoms with van der Waals surface area (Å²) in [5.41, 5.74) is 6.83. The third-order valence-electron chi connectivity index (χ3n) is 6.38. The number of piperazine rings is 1. The van der Waals surface area contributed by atoms with Gasteiger partial charge in [-0.15, -0.1) is 5.10 Å². The first-order chi connectivity index (χ1) is 18.7. The molecule has 1 aliphatic rings.